The van der Waals surface area contributed by atoms with E-state index >= 15 is 0 Å². The van der Waals surface area contributed by atoms with Crippen molar-refractivity contribution in [3.05, 3.63) is 48.3 Å². The van der Waals surface area contributed by atoms with Crippen LogP contribution in [0.2, 0.25) is 0 Å². The molecule has 0 fully saturated rings. The van der Waals surface area contributed by atoms with Crippen molar-refractivity contribution in [2.45, 2.75) is 33.6 Å². The number of amides is 1. The second-order valence-electron chi connectivity index (χ2n) is 5.78. The summed E-state index contributed by atoms with van der Waals surface area (Å²) in [5.74, 6) is 0.763. The van der Waals surface area contributed by atoms with E-state index in [2.05, 4.69) is 24.1 Å². The lowest BCUT2D eigenvalue weighted by molar-refractivity contribution is 0.0749. The predicted octanol–water partition coefficient (Wildman–Crippen LogP) is 4.49. The SMILES string of the molecule is CCCN(CCC)C(=O)c1cc(Nc2ccccc2OCC)ccn1. The quantitative estimate of drug-likeness (QED) is 0.730. The van der Waals surface area contributed by atoms with Crippen LogP contribution in [0.15, 0.2) is 42.6 Å². The average Bonchev–Trinajstić information content (AvgIpc) is 2.63. The second-order valence-corrected chi connectivity index (χ2v) is 5.78. The molecule has 0 saturated carbocycles. The highest BCUT2D eigenvalue weighted by molar-refractivity contribution is 5.93. The first-order chi connectivity index (χ1) is 12.2. The van der Waals surface area contributed by atoms with Gasteiger partial charge in [-0.25, -0.2) is 0 Å². The van der Waals surface area contributed by atoms with E-state index in [9.17, 15) is 4.79 Å². The molecule has 2 rings (SSSR count). The number of nitrogens with zero attached hydrogens (tertiary/aromatic N) is 2. The largest absolute Gasteiger partial charge is 0.492 e. The van der Waals surface area contributed by atoms with Gasteiger partial charge in [-0.3, -0.25) is 9.78 Å². The number of para-hydroxylation sites is 2. The van der Waals surface area contributed by atoms with Crippen LogP contribution in [0.25, 0.3) is 0 Å². The number of hydrogen-bond donors (Lipinski definition) is 1. The summed E-state index contributed by atoms with van der Waals surface area (Å²) in [7, 11) is 0. The molecule has 1 amide bonds. The van der Waals surface area contributed by atoms with Crippen molar-refractivity contribution in [2.75, 3.05) is 25.0 Å². The number of aromatic nitrogens is 1. The number of hydrogen-bond acceptors (Lipinski definition) is 4. The Morgan fingerprint density at radius 3 is 2.52 bits per heavy atom. The van der Waals surface area contributed by atoms with Crippen molar-refractivity contribution in [3.8, 4) is 5.75 Å². The van der Waals surface area contributed by atoms with Crippen LogP contribution in [-0.2, 0) is 0 Å². The standard InChI is InChI=1S/C20H27N3O2/c1-4-13-23(14-5-2)20(24)18-15-16(11-12-21-18)22-17-9-7-8-10-19(17)25-6-3/h7-12,15H,4-6,13-14H2,1-3H3,(H,21,22). The minimum absolute atomic E-state index is 0.0227. The Hall–Kier alpha value is -2.56. The molecule has 0 spiro atoms. The number of carbonyl (C=O) groups excluding carboxylic acids is 1. The number of nitrogens with one attached hydrogen (secondary N) is 1. The topological polar surface area (TPSA) is 54.5 Å². The van der Waals surface area contributed by atoms with Gasteiger partial charge >= 0.3 is 0 Å². The molecular formula is C20H27N3O2. The fraction of sp³-hybridized carbons (Fsp3) is 0.400. The Bertz CT molecular complexity index is 682. The molecule has 5 heteroatoms. The van der Waals surface area contributed by atoms with E-state index in [0.29, 0.717) is 12.3 Å². The lowest BCUT2D eigenvalue weighted by Gasteiger charge is -2.21. The summed E-state index contributed by atoms with van der Waals surface area (Å²) in [6.07, 6.45) is 3.53. The van der Waals surface area contributed by atoms with Gasteiger partial charge in [0.15, 0.2) is 0 Å². The molecule has 0 atom stereocenters. The van der Waals surface area contributed by atoms with Crippen molar-refractivity contribution in [1.29, 1.82) is 0 Å². The van der Waals surface area contributed by atoms with Gasteiger partial charge in [0.2, 0.25) is 0 Å². The molecule has 0 saturated heterocycles. The Balaban J connectivity index is 2.20. The zero-order valence-corrected chi connectivity index (χ0v) is 15.3. The molecule has 25 heavy (non-hydrogen) atoms. The van der Waals surface area contributed by atoms with Crippen LogP contribution in [0.3, 0.4) is 0 Å². The summed E-state index contributed by atoms with van der Waals surface area (Å²) in [5, 5.41) is 3.32. The van der Waals surface area contributed by atoms with Crippen molar-refractivity contribution >= 4 is 17.3 Å². The summed E-state index contributed by atoms with van der Waals surface area (Å²) in [6.45, 7) is 8.20. The lowest BCUT2D eigenvalue weighted by atomic mass is 10.2. The van der Waals surface area contributed by atoms with Crippen molar-refractivity contribution in [2.24, 2.45) is 0 Å². The van der Waals surface area contributed by atoms with Gasteiger partial charge in [0.25, 0.3) is 5.91 Å². The van der Waals surface area contributed by atoms with Crippen LogP contribution in [0.1, 0.15) is 44.1 Å². The Morgan fingerprint density at radius 1 is 1.12 bits per heavy atom. The fourth-order valence-corrected chi connectivity index (χ4v) is 2.65. The minimum Gasteiger partial charge on any atom is -0.492 e. The number of rotatable bonds is 9. The molecule has 0 radical (unpaired) electrons. The van der Waals surface area contributed by atoms with Crippen LogP contribution >= 0.6 is 0 Å². The third kappa shape index (κ3) is 5.21. The predicted molar refractivity (Wildman–Crippen MR) is 102 cm³/mol. The third-order valence-corrected chi connectivity index (χ3v) is 3.72. The number of benzene rings is 1. The number of ether oxygens (including phenoxy) is 1. The maximum absolute atomic E-state index is 12.7. The highest BCUT2D eigenvalue weighted by Crippen LogP contribution is 2.27. The molecule has 0 aliphatic rings. The van der Waals surface area contributed by atoms with E-state index in [4.69, 9.17) is 4.74 Å². The van der Waals surface area contributed by atoms with Gasteiger partial charge in [-0.15, -0.1) is 0 Å². The highest BCUT2D eigenvalue weighted by atomic mass is 16.5. The number of carbonyl (C=O) groups is 1. The van der Waals surface area contributed by atoms with Gasteiger partial charge in [-0.2, -0.15) is 0 Å². The van der Waals surface area contributed by atoms with Crippen LogP contribution in [0.5, 0.6) is 5.75 Å². The van der Waals surface area contributed by atoms with Gasteiger partial charge in [0.05, 0.1) is 12.3 Å². The molecule has 0 unspecified atom stereocenters. The van der Waals surface area contributed by atoms with Gasteiger partial charge in [0.1, 0.15) is 11.4 Å². The molecule has 1 heterocycles. The van der Waals surface area contributed by atoms with Gasteiger partial charge in [-0.05, 0) is 44.0 Å². The van der Waals surface area contributed by atoms with E-state index < -0.39 is 0 Å². The molecule has 2 aromatic rings. The van der Waals surface area contributed by atoms with Crippen LogP contribution < -0.4 is 10.1 Å². The Morgan fingerprint density at radius 2 is 1.84 bits per heavy atom. The molecule has 0 aliphatic heterocycles. The van der Waals surface area contributed by atoms with Crippen molar-refractivity contribution in [1.82, 2.24) is 9.88 Å². The molecule has 1 aromatic carbocycles. The Labute approximate surface area is 150 Å². The molecular weight excluding hydrogens is 314 g/mol. The smallest absolute Gasteiger partial charge is 0.272 e. The summed E-state index contributed by atoms with van der Waals surface area (Å²) in [6, 6.07) is 11.4. The minimum atomic E-state index is -0.0227. The first-order valence-corrected chi connectivity index (χ1v) is 8.93. The summed E-state index contributed by atoms with van der Waals surface area (Å²) in [5.41, 5.74) is 2.15. The Kier molecular flexibility index (Phi) is 7.26. The van der Waals surface area contributed by atoms with Crippen molar-refractivity contribution in [3.63, 3.8) is 0 Å². The van der Waals surface area contributed by atoms with Gasteiger partial charge < -0.3 is 15.0 Å². The monoisotopic (exact) mass is 341 g/mol. The van der Waals surface area contributed by atoms with E-state index in [1.165, 1.54) is 0 Å². The maximum atomic E-state index is 12.7. The highest BCUT2D eigenvalue weighted by Gasteiger charge is 2.16. The number of pyridine rings is 1. The third-order valence-electron chi connectivity index (χ3n) is 3.72. The van der Waals surface area contributed by atoms with Crippen LogP contribution in [0.4, 0.5) is 11.4 Å². The summed E-state index contributed by atoms with van der Waals surface area (Å²) >= 11 is 0. The molecule has 5 nitrogen and oxygen atoms in total. The first-order valence-electron chi connectivity index (χ1n) is 8.93. The lowest BCUT2D eigenvalue weighted by Crippen LogP contribution is -2.33. The average molecular weight is 341 g/mol. The van der Waals surface area contributed by atoms with Crippen molar-refractivity contribution < 1.29 is 9.53 Å². The zero-order chi connectivity index (χ0) is 18.1. The molecule has 1 N–H and O–H groups in total. The molecule has 134 valence electrons. The number of anilines is 2. The normalized spacial score (nSPS) is 10.4. The molecule has 0 aliphatic carbocycles. The van der Waals surface area contributed by atoms with E-state index in [-0.39, 0.29) is 5.91 Å². The van der Waals surface area contributed by atoms with E-state index in [0.717, 1.165) is 43.1 Å². The second kappa shape index (κ2) is 9.67. The molecule has 1 aromatic heterocycles. The van der Waals surface area contributed by atoms with E-state index in [1.54, 1.807) is 12.3 Å². The summed E-state index contributed by atoms with van der Waals surface area (Å²) in [4.78, 5) is 18.8. The van der Waals surface area contributed by atoms with Crippen LogP contribution in [-0.4, -0.2) is 35.5 Å². The van der Waals surface area contributed by atoms with Gasteiger partial charge in [0, 0.05) is 25.0 Å². The fourth-order valence-electron chi connectivity index (χ4n) is 2.65. The zero-order valence-electron chi connectivity index (χ0n) is 15.3. The van der Waals surface area contributed by atoms with Crippen LogP contribution in [0, 0.1) is 0 Å². The maximum Gasteiger partial charge on any atom is 0.272 e. The summed E-state index contributed by atoms with van der Waals surface area (Å²) < 4.78 is 5.64. The molecule has 0 bridgehead atoms. The van der Waals surface area contributed by atoms with Gasteiger partial charge in [-0.1, -0.05) is 26.0 Å². The first kappa shape index (κ1) is 18.8. The van der Waals surface area contributed by atoms with E-state index in [1.807, 2.05) is 42.2 Å².